The summed E-state index contributed by atoms with van der Waals surface area (Å²) in [6.07, 6.45) is -1.28. The van der Waals surface area contributed by atoms with E-state index < -0.39 is 34.5 Å². The summed E-state index contributed by atoms with van der Waals surface area (Å²) in [5, 5.41) is 40.1. The largest absolute Gasteiger partial charge is 0.496 e. The van der Waals surface area contributed by atoms with Crippen molar-refractivity contribution in [3.8, 4) is 24.0 Å². The molecule has 0 radical (unpaired) electrons. The van der Waals surface area contributed by atoms with E-state index in [9.17, 15) is 15.8 Å². The SMILES string of the molecule is COc1ccc(Br)cc1C1OC2(c3cccc(Cl)c3)OC(=N)C(C#N)(C2C)C1(C#N)C#N. The van der Waals surface area contributed by atoms with Gasteiger partial charge in [-0.1, -0.05) is 46.6 Å². The third kappa shape index (κ3) is 2.57. The molecule has 4 rings (SSSR count). The molecule has 160 valence electrons. The highest BCUT2D eigenvalue weighted by Gasteiger charge is 2.80. The Morgan fingerprint density at radius 3 is 2.44 bits per heavy atom. The average Bonchev–Trinajstić information content (AvgIpc) is 2.95. The Hall–Kier alpha value is -3.09. The van der Waals surface area contributed by atoms with Crippen molar-refractivity contribution < 1.29 is 14.2 Å². The zero-order chi connectivity index (χ0) is 23.3. The van der Waals surface area contributed by atoms with E-state index in [2.05, 4.69) is 22.0 Å². The summed E-state index contributed by atoms with van der Waals surface area (Å²) in [6.45, 7) is 1.64. The Bertz CT molecular complexity index is 1250. The first kappa shape index (κ1) is 22.1. The predicted octanol–water partition coefficient (Wildman–Crippen LogP) is 5.22. The van der Waals surface area contributed by atoms with Crippen molar-refractivity contribution in [3.05, 3.63) is 63.1 Å². The second kappa shape index (κ2) is 7.50. The fourth-order valence-corrected chi connectivity index (χ4v) is 5.33. The molecule has 2 bridgehead atoms. The Labute approximate surface area is 198 Å². The van der Waals surface area contributed by atoms with Gasteiger partial charge < -0.3 is 14.2 Å². The van der Waals surface area contributed by atoms with Gasteiger partial charge in [0.25, 0.3) is 0 Å². The normalized spacial score (nSPS) is 29.8. The van der Waals surface area contributed by atoms with E-state index in [1.807, 2.05) is 12.1 Å². The number of ether oxygens (including phenoxy) is 3. The number of hydrogen-bond acceptors (Lipinski definition) is 7. The summed E-state index contributed by atoms with van der Waals surface area (Å²) < 4.78 is 18.6. The zero-order valence-electron chi connectivity index (χ0n) is 17.0. The number of methoxy groups -OCH3 is 1. The third-order valence-electron chi connectivity index (χ3n) is 6.37. The Balaban J connectivity index is 2.09. The lowest BCUT2D eigenvalue weighted by atomic mass is 9.53. The van der Waals surface area contributed by atoms with Crippen LogP contribution in [0, 0.1) is 56.2 Å². The maximum Gasteiger partial charge on any atom is 0.244 e. The van der Waals surface area contributed by atoms with Crippen LogP contribution in [0.15, 0.2) is 46.9 Å². The molecule has 0 saturated carbocycles. The molecule has 0 aliphatic carbocycles. The molecule has 0 spiro atoms. The highest BCUT2D eigenvalue weighted by atomic mass is 79.9. The molecule has 2 fully saturated rings. The average molecular weight is 512 g/mol. The van der Waals surface area contributed by atoms with E-state index in [1.54, 1.807) is 49.4 Å². The molecule has 2 aliphatic rings. The van der Waals surface area contributed by atoms with Crippen molar-refractivity contribution in [1.29, 1.82) is 21.2 Å². The van der Waals surface area contributed by atoms with Gasteiger partial charge in [0.15, 0.2) is 5.41 Å². The second-order valence-electron chi connectivity index (χ2n) is 7.67. The van der Waals surface area contributed by atoms with Gasteiger partial charge in [-0.15, -0.1) is 0 Å². The first-order valence-corrected chi connectivity index (χ1v) is 10.7. The number of benzene rings is 2. The Kier molecular flexibility index (Phi) is 5.18. The quantitative estimate of drug-likeness (QED) is 0.602. The van der Waals surface area contributed by atoms with Gasteiger partial charge >= 0.3 is 0 Å². The van der Waals surface area contributed by atoms with E-state index in [0.29, 0.717) is 26.4 Å². The Morgan fingerprint density at radius 2 is 1.84 bits per heavy atom. The fourth-order valence-electron chi connectivity index (χ4n) is 4.76. The maximum absolute atomic E-state index is 10.4. The predicted molar refractivity (Wildman–Crippen MR) is 117 cm³/mol. The van der Waals surface area contributed by atoms with Crippen LogP contribution in [-0.2, 0) is 15.3 Å². The second-order valence-corrected chi connectivity index (χ2v) is 9.02. The van der Waals surface area contributed by atoms with Crippen molar-refractivity contribution in [2.24, 2.45) is 16.7 Å². The van der Waals surface area contributed by atoms with Crippen LogP contribution < -0.4 is 4.74 Å². The van der Waals surface area contributed by atoms with Gasteiger partial charge in [-0.25, -0.2) is 0 Å². The van der Waals surface area contributed by atoms with Crippen LogP contribution in [-0.4, -0.2) is 13.0 Å². The van der Waals surface area contributed by atoms with E-state index in [4.69, 9.17) is 31.2 Å². The molecule has 2 aliphatic heterocycles. The standard InChI is InChI=1S/C23H16BrClN4O3/c1-13-22(12-28)20(29)32-23(13,14-4-3-5-16(25)8-14)31-19(21(22,10-26)11-27)17-9-15(24)6-7-18(17)30-2/h3-9,13,19,29H,1-2H3. The lowest BCUT2D eigenvalue weighted by Crippen LogP contribution is -2.57. The van der Waals surface area contributed by atoms with Crippen LogP contribution in [0.1, 0.15) is 24.2 Å². The van der Waals surface area contributed by atoms with Crippen LogP contribution in [0.4, 0.5) is 0 Å². The third-order valence-corrected chi connectivity index (χ3v) is 7.10. The van der Waals surface area contributed by atoms with E-state index in [-0.39, 0.29) is 0 Å². The summed E-state index contributed by atoms with van der Waals surface area (Å²) in [5.74, 6) is -2.62. The molecular weight excluding hydrogens is 496 g/mol. The summed E-state index contributed by atoms with van der Waals surface area (Å²) in [6, 6.07) is 17.9. The number of hydrogen-bond donors (Lipinski definition) is 1. The maximum atomic E-state index is 10.4. The Morgan fingerprint density at radius 1 is 1.12 bits per heavy atom. The smallest absolute Gasteiger partial charge is 0.244 e. The topological polar surface area (TPSA) is 123 Å². The molecule has 0 amide bonds. The molecule has 9 heteroatoms. The number of nitrogens with one attached hydrogen (secondary N) is 1. The van der Waals surface area contributed by atoms with Gasteiger partial charge in [-0.05, 0) is 30.3 Å². The van der Waals surface area contributed by atoms with Gasteiger partial charge in [-0.2, -0.15) is 15.8 Å². The number of nitriles is 3. The first-order chi connectivity index (χ1) is 15.3. The highest BCUT2D eigenvalue weighted by Crippen LogP contribution is 2.69. The lowest BCUT2D eigenvalue weighted by Gasteiger charge is -2.49. The first-order valence-electron chi connectivity index (χ1n) is 9.55. The van der Waals surface area contributed by atoms with Crippen LogP contribution in [0.2, 0.25) is 5.02 Å². The molecule has 2 saturated heterocycles. The van der Waals surface area contributed by atoms with Gasteiger partial charge in [0.2, 0.25) is 17.1 Å². The van der Waals surface area contributed by atoms with E-state index >= 15 is 0 Å². The molecule has 1 N–H and O–H groups in total. The number of fused-ring (bicyclic) bond motifs is 2. The molecule has 2 aromatic rings. The molecule has 2 heterocycles. The van der Waals surface area contributed by atoms with Crippen molar-refractivity contribution >= 4 is 33.4 Å². The molecule has 4 unspecified atom stereocenters. The van der Waals surface area contributed by atoms with Crippen LogP contribution >= 0.6 is 27.5 Å². The van der Waals surface area contributed by atoms with Crippen molar-refractivity contribution in [2.75, 3.05) is 7.11 Å². The summed E-state index contributed by atoms with van der Waals surface area (Å²) in [5.41, 5.74) is -3.15. The van der Waals surface area contributed by atoms with Crippen LogP contribution in [0.5, 0.6) is 5.75 Å². The van der Waals surface area contributed by atoms with Crippen molar-refractivity contribution in [3.63, 3.8) is 0 Å². The highest BCUT2D eigenvalue weighted by molar-refractivity contribution is 9.10. The summed E-state index contributed by atoms with van der Waals surface area (Å²) >= 11 is 9.63. The molecule has 0 aromatic heterocycles. The zero-order valence-corrected chi connectivity index (χ0v) is 19.4. The molecule has 4 atom stereocenters. The van der Waals surface area contributed by atoms with E-state index in [0.717, 1.165) is 0 Å². The summed E-state index contributed by atoms with van der Waals surface area (Å²) in [7, 11) is 1.46. The van der Waals surface area contributed by atoms with E-state index in [1.165, 1.54) is 7.11 Å². The van der Waals surface area contributed by atoms with Crippen LogP contribution in [0.3, 0.4) is 0 Å². The van der Waals surface area contributed by atoms with Crippen LogP contribution in [0.25, 0.3) is 0 Å². The fraction of sp³-hybridized carbons (Fsp3) is 0.304. The molecule has 7 nitrogen and oxygen atoms in total. The van der Waals surface area contributed by atoms with Gasteiger partial charge in [-0.3, -0.25) is 5.41 Å². The minimum Gasteiger partial charge on any atom is -0.496 e. The lowest BCUT2D eigenvalue weighted by molar-refractivity contribution is -0.288. The number of rotatable bonds is 3. The minimum absolute atomic E-state index is 0.364. The van der Waals surface area contributed by atoms with Gasteiger partial charge in [0.1, 0.15) is 11.9 Å². The summed E-state index contributed by atoms with van der Waals surface area (Å²) in [4.78, 5) is 0. The minimum atomic E-state index is -2.09. The molecule has 32 heavy (non-hydrogen) atoms. The monoisotopic (exact) mass is 510 g/mol. The molecular formula is C23H16BrClN4O3. The van der Waals surface area contributed by atoms with Crippen molar-refractivity contribution in [1.82, 2.24) is 0 Å². The van der Waals surface area contributed by atoms with Gasteiger partial charge in [0.05, 0.1) is 31.2 Å². The number of halogens is 2. The number of nitrogens with zero attached hydrogens (tertiary/aromatic N) is 3. The molecule has 2 aromatic carbocycles. The van der Waals surface area contributed by atoms with Crippen molar-refractivity contribution in [2.45, 2.75) is 18.8 Å². The van der Waals surface area contributed by atoms with Gasteiger partial charge in [0, 0.05) is 20.6 Å².